The number of carbonyl (C=O) groups is 3. The Balaban J connectivity index is 3.41. The molecule has 0 aliphatic carbocycles. The predicted molar refractivity (Wildman–Crippen MR) is 97.8 cm³/mol. The SMILES string of the molecule is CC(C)OCCC(=O)NCCOCCC(=O)NCCOCC(=O)C(C)C. The lowest BCUT2D eigenvalue weighted by atomic mass is 10.1. The number of nitrogens with one attached hydrogen (secondary N) is 2. The predicted octanol–water partition coefficient (Wildman–Crippen LogP) is 0.682. The van der Waals surface area contributed by atoms with Crippen molar-refractivity contribution in [3.8, 4) is 0 Å². The van der Waals surface area contributed by atoms with Gasteiger partial charge in [0.1, 0.15) is 6.61 Å². The Hall–Kier alpha value is -1.51. The van der Waals surface area contributed by atoms with Crippen molar-refractivity contribution in [1.82, 2.24) is 10.6 Å². The zero-order valence-corrected chi connectivity index (χ0v) is 16.5. The molecule has 0 unspecified atom stereocenters. The minimum Gasteiger partial charge on any atom is -0.379 e. The molecular weight excluding hydrogens is 340 g/mol. The fraction of sp³-hybridized carbons (Fsp3) is 0.833. The van der Waals surface area contributed by atoms with Gasteiger partial charge in [0.25, 0.3) is 0 Å². The van der Waals surface area contributed by atoms with Crippen LogP contribution in [0.25, 0.3) is 0 Å². The van der Waals surface area contributed by atoms with E-state index in [1.807, 2.05) is 27.7 Å². The molecule has 0 fully saturated rings. The van der Waals surface area contributed by atoms with E-state index in [1.54, 1.807) is 0 Å². The third kappa shape index (κ3) is 16.0. The average molecular weight is 374 g/mol. The van der Waals surface area contributed by atoms with Crippen molar-refractivity contribution in [1.29, 1.82) is 0 Å². The molecule has 8 nitrogen and oxygen atoms in total. The summed E-state index contributed by atoms with van der Waals surface area (Å²) in [4.78, 5) is 34.4. The van der Waals surface area contributed by atoms with Gasteiger partial charge in [0.05, 0.1) is 32.5 Å². The Bertz CT molecular complexity index is 412. The van der Waals surface area contributed by atoms with Crippen molar-refractivity contribution >= 4 is 17.6 Å². The molecule has 0 saturated carbocycles. The van der Waals surface area contributed by atoms with Gasteiger partial charge in [-0.2, -0.15) is 0 Å². The molecule has 2 amide bonds. The van der Waals surface area contributed by atoms with Crippen LogP contribution in [0.2, 0.25) is 0 Å². The summed E-state index contributed by atoms with van der Waals surface area (Å²) in [6, 6.07) is 0. The number of Topliss-reactive ketones (excluding diaryl/α,β-unsaturated/α-hetero) is 1. The third-order valence-electron chi connectivity index (χ3n) is 3.28. The first-order valence-electron chi connectivity index (χ1n) is 9.16. The van der Waals surface area contributed by atoms with Gasteiger partial charge in [-0.15, -0.1) is 0 Å². The Labute approximate surface area is 156 Å². The van der Waals surface area contributed by atoms with E-state index in [2.05, 4.69) is 10.6 Å². The van der Waals surface area contributed by atoms with Crippen LogP contribution in [-0.2, 0) is 28.6 Å². The molecule has 0 aromatic rings. The Kier molecular flexibility index (Phi) is 14.8. The molecule has 0 aromatic carbocycles. The first-order chi connectivity index (χ1) is 12.3. The molecule has 0 saturated heterocycles. The quantitative estimate of drug-likeness (QED) is 0.385. The molecule has 0 rings (SSSR count). The molecule has 0 heterocycles. The standard InChI is InChI=1S/C18H34N2O6/c1-14(2)16(21)13-25-12-8-20-17(22)5-9-24-11-7-19-18(23)6-10-26-15(3)4/h14-15H,5-13H2,1-4H3,(H,19,23)(H,20,22). The first-order valence-corrected chi connectivity index (χ1v) is 9.16. The molecule has 0 aliphatic heterocycles. The van der Waals surface area contributed by atoms with Crippen LogP contribution in [0.3, 0.4) is 0 Å². The number of ketones is 1. The van der Waals surface area contributed by atoms with Gasteiger partial charge in [-0.05, 0) is 13.8 Å². The molecule has 0 radical (unpaired) electrons. The summed E-state index contributed by atoms with van der Waals surface area (Å²) in [6.45, 7) is 9.66. The Morgan fingerprint density at radius 2 is 1.31 bits per heavy atom. The van der Waals surface area contributed by atoms with Crippen molar-refractivity contribution in [2.45, 2.75) is 46.6 Å². The van der Waals surface area contributed by atoms with E-state index in [9.17, 15) is 14.4 Å². The maximum absolute atomic E-state index is 11.6. The van der Waals surface area contributed by atoms with Gasteiger partial charge < -0.3 is 24.8 Å². The molecule has 152 valence electrons. The van der Waals surface area contributed by atoms with Gasteiger partial charge >= 0.3 is 0 Å². The van der Waals surface area contributed by atoms with E-state index < -0.39 is 0 Å². The monoisotopic (exact) mass is 374 g/mol. The lowest BCUT2D eigenvalue weighted by Gasteiger charge is -2.09. The van der Waals surface area contributed by atoms with Gasteiger partial charge in [-0.1, -0.05) is 13.8 Å². The van der Waals surface area contributed by atoms with Crippen LogP contribution in [0.15, 0.2) is 0 Å². The maximum atomic E-state index is 11.6. The van der Waals surface area contributed by atoms with Gasteiger partial charge in [-0.25, -0.2) is 0 Å². The van der Waals surface area contributed by atoms with Crippen molar-refractivity contribution in [3.63, 3.8) is 0 Å². The second kappa shape index (κ2) is 15.7. The summed E-state index contributed by atoms with van der Waals surface area (Å²) >= 11 is 0. The molecule has 0 aliphatic rings. The van der Waals surface area contributed by atoms with Crippen LogP contribution in [0.4, 0.5) is 0 Å². The summed E-state index contributed by atoms with van der Waals surface area (Å²) in [5.41, 5.74) is 0. The molecule has 8 heteroatoms. The van der Waals surface area contributed by atoms with Crippen LogP contribution in [0, 0.1) is 5.92 Å². The van der Waals surface area contributed by atoms with E-state index in [-0.39, 0.29) is 49.3 Å². The molecular formula is C18H34N2O6. The van der Waals surface area contributed by atoms with Crippen LogP contribution in [0.1, 0.15) is 40.5 Å². The minimum atomic E-state index is -0.140. The number of hydrogen-bond donors (Lipinski definition) is 2. The minimum absolute atomic E-state index is 0.0418. The lowest BCUT2D eigenvalue weighted by Crippen LogP contribution is -2.30. The van der Waals surface area contributed by atoms with Crippen LogP contribution in [-0.4, -0.2) is 69.8 Å². The van der Waals surface area contributed by atoms with E-state index in [4.69, 9.17) is 14.2 Å². The highest BCUT2D eigenvalue weighted by atomic mass is 16.5. The van der Waals surface area contributed by atoms with Crippen molar-refractivity contribution in [2.24, 2.45) is 5.92 Å². The molecule has 2 N–H and O–H groups in total. The van der Waals surface area contributed by atoms with Crippen LogP contribution in [0.5, 0.6) is 0 Å². The fourth-order valence-corrected chi connectivity index (χ4v) is 1.70. The summed E-state index contributed by atoms with van der Waals surface area (Å²) in [7, 11) is 0. The molecule has 0 atom stereocenters. The van der Waals surface area contributed by atoms with Gasteiger partial charge in [0.2, 0.25) is 11.8 Å². The zero-order chi connectivity index (χ0) is 19.8. The number of amides is 2. The Morgan fingerprint density at radius 1 is 0.769 bits per heavy atom. The largest absolute Gasteiger partial charge is 0.379 e. The molecule has 0 spiro atoms. The van der Waals surface area contributed by atoms with Gasteiger partial charge in [0.15, 0.2) is 5.78 Å². The summed E-state index contributed by atoms with van der Waals surface area (Å²) in [6.07, 6.45) is 0.679. The second-order valence-electron chi connectivity index (χ2n) is 6.41. The second-order valence-corrected chi connectivity index (χ2v) is 6.41. The van der Waals surface area contributed by atoms with Crippen LogP contribution >= 0.6 is 0 Å². The lowest BCUT2D eigenvalue weighted by molar-refractivity contribution is -0.126. The van der Waals surface area contributed by atoms with E-state index >= 15 is 0 Å². The average Bonchev–Trinajstić information content (AvgIpc) is 2.56. The molecule has 0 bridgehead atoms. The van der Waals surface area contributed by atoms with Gasteiger partial charge in [0, 0.05) is 31.8 Å². The smallest absolute Gasteiger partial charge is 0.222 e. The van der Waals surface area contributed by atoms with E-state index in [0.717, 1.165) is 0 Å². The van der Waals surface area contributed by atoms with E-state index in [1.165, 1.54) is 0 Å². The number of hydrogen-bond acceptors (Lipinski definition) is 6. The number of carbonyl (C=O) groups excluding carboxylic acids is 3. The topological polar surface area (TPSA) is 103 Å². The zero-order valence-electron chi connectivity index (χ0n) is 16.5. The first kappa shape index (κ1) is 24.5. The summed E-state index contributed by atoms with van der Waals surface area (Å²) < 4.78 is 15.8. The molecule has 0 aromatic heterocycles. The normalized spacial score (nSPS) is 11.0. The fourth-order valence-electron chi connectivity index (χ4n) is 1.70. The molecule has 26 heavy (non-hydrogen) atoms. The van der Waals surface area contributed by atoms with E-state index in [0.29, 0.717) is 39.3 Å². The maximum Gasteiger partial charge on any atom is 0.222 e. The van der Waals surface area contributed by atoms with Crippen molar-refractivity contribution in [2.75, 3.05) is 46.1 Å². The Morgan fingerprint density at radius 3 is 1.85 bits per heavy atom. The van der Waals surface area contributed by atoms with Crippen molar-refractivity contribution < 1.29 is 28.6 Å². The van der Waals surface area contributed by atoms with Crippen molar-refractivity contribution in [3.05, 3.63) is 0 Å². The number of rotatable bonds is 16. The highest BCUT2D eigenvalue weighted by Crippen LogP contribution is 1.94. The third-order valence-corrected chi connectivity index (χ3v) is 3.28. The van der Waals surface area contributed by atoms with Gasteiger partial charge in [-0.3, -0.25) is 14.4 Å². The number of ether oxygens (including phenoxy) is 3. The summed E-state index contributed by atoms with van der Waals surface area (Å²) in [5.74, 6) is -0.217. The summed E-state index contributed by atoms with van der Waals surface area (Å²) in [5, 5.41) is 5.41. The van der Waals surface area contributed by atoms with Crippen LogP contribution < -0.4 is 10.6 Å². The highest BCUT2D eigenvalue weighted by molar-refractivity contribution is 5.81. The highest BCUT2D eigenvalue weighted by Gasteiger charge is 2.07.